The van der Waals surface area contributed by atoms with Crippen LogP contribution in [0.5, 0.6) is 5.75 Å². The fraction of sp³-hybridized carbons (Fsp3) is 0.0500. The zero-order valence-electron chi connectivity index (χ0n) is 14.4. The van der Waals surface area contributed by atoms with Crippen LogP contribution in [0.15, 0.2) is 71.6 Å². The molecule has 3 aromatic carbocycles. The largest absolute Gasteiger partial charge is 0.507 e. The zero-order valence-corrected chi connectivity index (χ0v) is 15.2. The maximum atomic E-state index is 12.8. The number of aromatic carboxylic acids is 1. The normalized spacial score (nSPS) is 11.1. The Kier molecular flexibility index (Phi) is 4.87. The molecule has 27 heavy (non-hydrogen) atoms. The Labute approximate surface area is 156 Å². The molecule has 3 N–H and O–H groups in total. The van der Waals surface area contributed by atoms with E-state index in [0.717, 1.165) is 23.3 Å². The molecule has 0 saturated carbocycles. The summed E-state index contributed by atoms with van der Waals surface area (Å²) in [4.78, 5) is 11.1. The van der Waals surface area contributed by atoms with E-state index in [-0.39, 0.29) is 16.1 Å². The second-order valence-electron chi connectivity index (χ2n) is 5.99. The van der Waals surface area contributed by atoms with E-state index in [1.807, 2.05) is 36.4 Å². The molecule has 138 valence electrons. The fourth-order valence-corrected chi connectivity index (χ4v) is 4.01. The predicted octanol–water partition coefficient (Wildman–Crippen LogP) is 3.87. The molecule has 0 fully saturated rings. The van der Waals surface area contributed by atoms with Gasteiger partial charge in [0.1, 0.15) is 11.3 Å². The Balaban J connectivity index is 1.98. The molecule has 0 saturated heterocycles. The van der Waals surface area contributed by atoms with Gasteiger partial charge in [0.2, 0.25) is 0 Å². The third kappa shape index (κ3) is 3.93. The summed E-state index contributed by atoms with van der Waals surface area (Å²) < 4.78 is 28.0. The highest BCUT2D eigenvalue weighted by atomic mass is 32.2. The number of sulfonamides is 1. The predicted molar refractivity (Wildman–Crippen MR) is 102 cm³/mol. The monoisotopic (exact) mass is 383 g/mol. The van der Waals surface area contributed by atoms with Crippen molar-refractivity contribution < 1.29 is 23.4 Å². The van der Waals surface area contributed by atoms with Gasteiger partial charge in [-0.3, -0.25) is 4.72 Å². The molecule has 0 bridgehead atoms. The molecule has 6 nitrogen and oxygen atoms in total. The van der Waals surface area contributed by atoms with Gasteiger partial charge in [-0.2, -0.15) is 0 Å². The lowest BCUT2D eigenvalue weighted by atomic mass is 10.0. The third-order valence-electron chi connectivity index (χ3n) is 4.07. The van der Waals surface area contributed by atoms with E-state index in [9.17, 15) is 18.3 Å². The van der Waals surface area contributed by atoms with Crippen LogP contribution in [0.1, 0.15) is 15.9 Å². The Hall–Kier alpha value is -3.32. The quantitative estimate of drug-likeness (QED) is 0.620. The van der Waals surface area contributed by atoms with Crippen molar-refractivity contribution in [3.8, 4) is 16.9 Å². The van der Waals surface area contributed by atoms with Crippen molar-refractivity contribution in [2.75, 3.05) is 4.72 Å². The van der Waals surface area contributed by atoms with Gasteiger partial charge in [-0.25, -0.2) is 13.2 Å². The molecule has 0 heterocycles. The zero-order chi connectivity index (χ0) is 19.6. The Morgan fingerprint density at radius 3 is 2.26 bits per heavy atom. The van der Waals surface area contributed by atoms with Gasteiger partial charge in [-0.1, -0.05) is 42.5 Å². The van der Waals surface area contributed by atoms with Crippen molar-refractivity contribution in [1.82, 2.24) is 0 Å². The van der Waals surface area contributed by atoms with Crippen LogP contribution in [0.4, 0.5) is 5.69 Å². The lowest BCUT2D eigenvalue weighted by Gasteiger charge is -2.13. The van der Waals surface area contributed by atoms with Crippen molar-refractivity contribution in [1.29, 1.82) is 0 Å². The van der Waals surface area contributed by atoms with Crippen LogP contribution in [-0.4, -0.2) is 24.6 Å². The first-order valence-electron chi connectivity index (χ1n) is 8.03. The molecule has 0 spiro atoms. The van der Waals surface area contributed by atoms with Crippen molar-refractivity contribution in [2.24, 2.45) is 0 Å². The van der Waals surface area contributed by atoms with Crippen molar-refractivity contribution in [2.45, 2.75) is 11.8 Å². The number of aromatic hydroxyl groups is 1. The minimum Gasteiger partial charge on any atom is -0.507 e. The van der Waals surface area contributed by atoms with Crippen LogP contribution in [0.25, 0.3) is 11.1 Å². The average molecular weight is 383 g/mol. The smallest absolute Gasteiger partial charge is 0.339 e. The van der Waals surface area contributed by atoms with Gasteiger partial charge >= 0.3 is 5.97 Å². The molecule has 0 atom stereocenters. The summed E-state index contributed by atoms with van der Waals surface area (Å²) in [6.07, 6.45) is 0. The van der Waals surface area contributed by atoms with E-state index < -0.39 is 21.7 Å². The third-order valence-corrected chi connectivity index (χ3v) is 5.59. The second-order valence-corrected chi connectivity index (χ2v) is 7.64. The molecule has 7 heteroatoms. The van der Waals surface area contributed by atoms with E-state index in [4.69, 9.17) is 5.11 Å². The second kappa shape index (κ2) is 7.13. The molecule has 0 aliphatic heterocycles. The van der Waals surface area contributed by atoms with E-state index in [0.29, 0.717) is 5.56 Å². The summed E-state index contributed by atoms with van der Waals surface area (Å²) in [5, 5.41) is 18.7. The number of benzene rings is 3. The molecular formula is C20H17NO5S. The summed E-state index contributed by atoms with van der Waals surface area (Å²) in [5.41, 5.74) is 1.97. The summed E-state index contributed by atoms with van der Waals surface area (Å²) in [6, 6.07) is 18.0. The first-order chi connectivity index (χ1) is 12.8. The SMILES string of the molecule is Cc1ccc(-c2ccccc2)cc1S(=O)(=O)Nc1ccc(C(=O)O)c(O)c1. The molecule has 0 amide bonds. The lowest BCUT2D eigenvalue weighted by molar-refractivity contribution is 0.0694. The Morgan fingerprint density at radius 2 is 1.63 bits per heavy atom. The molecule has 0 aliphatic rings. The highest BCUT2D eigenvalue weighted by molar-refractivity contribution is 7.92. The molecule has 3 rings (SSSR count). The van der Waals surface area contributed by atoms with Gasteiger partial charge in [0.25, 0.3) is 10.0 Å². The Bertz CT molecular complexity index is 1110. The summed E-state index contributed by atoms with van der Waals surface area (Å²) >= 11 is 0. The average Bonchev–Trinajstić information content (AvgIpc) is 2.62. The number of carboxylic acids is 1. The van der Waals surface area contributed by atoms with Crippen LogP contribution >= 0.6 is 0 Å². The number of anilines is 1. The maximum absolute atomic E-state index is 12.8. The molecule has 0 unspecified atom stereocenters. The van der Waals surface area contributed by atoms with Crippen molar-refractivity contribution >= 4 is 21.7 Å². The topological polar surface area (TPSA) is 104 Å². The number of phenols is 1. The summed E-state index contributed by atoms with van der Waals surface area (Å²) in [6.45, 7) is 1.69. The van der Waals surface area contributed by atoms with E-state index in [1.54, 1.807) is 19.1 Å². The number of nitrogens with one attached hydrogen (secondary N) is 1. The maximum Gasteiger partial charge on any atom is 0.339 e. The van der Waals surface area contributed by atoms with Gasteiger partial charge in [-0.15, -0.1) is 0 Å². The van der Waals surface area contributed by atoms with Crippen LogP contribution in [0.3, 0.4) is 0 Å². The minimum absolute atomic E-state index is 0.0713. The van der Waals surface area contributed by atoms with Gasteiger partial charge in [-0.05, 0) is 41.8 Å². The number of hydrogen-bond acceptors (Lipinski definition) is 4. The summed E-state index contributed by atoms with van der Waals surface area (Å²) in [7, 11) is -3.93. The van der Waals surface area contributed by atoms with Crippen molar-refractivity contribution in [3.63, 3.8) is 0 Å². The van der Waals surface area contributed by atoms with Gasteiger partial charge in [0, 0.05) is 6.07 Å². The number of carbonyl (C=O) groups is 1. The van der Waals surface area contributed by atoms with Crippen LogP contribution in [-0.2, 0) is 10.0 Å². The van der Waals surface area contributed by atoms with Crippen LogP contribution in [0.2, 0.25) is 0 Å². The number of hydrogen-bond donors (Lipinski definition) is 3. The van der Waals surface area contributed by atoms with E-state index in [1.165, 1.54) is 6.07 Å². The van der Waals surface area contributed by atoms with Gasteiger partial charge < -0.3 is 10.2 Å². The minimum atomic E-state index is -3.93. The first kappa shape index (κ1) is 18.5. The van der Waals surface area contributed by atoms with E-state index >= 15 is 0 Å². The number of rotatable bonds is 5. The Morgan fingerprint density at radius 1 is 0.926 bits per heavy atom. The van der Waals surface area contributed by atoms with E-state index in [2.05, 4.69) is 4.72 Å². The molecule has 0 aliphatic carbocycles. The molecule has 0 radical (unpaired) electrons. The lowest BCUT2D eigenvalue weighted by Crippen LogP contribution is -2.14. The molecule has 3 aromatic rings. The van der Waals surface area contributed by atoms with Crippen LogP contribution < -0.4 is 4.72 Å². The highest BCUT2D eigenvalue weighted by Gasteiger charge is 2.19. The molecule has 0 aromatic heterocycles. The summed E-state index contributed by atoms with van der Waals surface area (Å²) in [5.74, 6) is -1.81. The molecular weight excluding hydrogens is 366 g/mol. The number of aryl methyl sites for hydroxylation is 1. The van der Waals surface area contributed by atoms with Crippen LogP contribution in [0, 0.1) is 6.92 Å². The highest BCUT2D eigenvalue weighted by Crippen LogP contribution is 2.28. The van der Waals surface area contributed by atoms with Gasteiger partial charge in [0.05, 0.1) is 10.6 Å². The number of carboxylic acid groups (broad SMARTS) is 1. The first-order valence-corrected chi connectivity index (χ1v) is 9.51. The van der Waals surface area contributed by atoms with Crippen molar-refractivity contribution in [3.05, 3.63) is 77.9 Å². The van der Waals surface area contributed by atoms with Gasteiger partial charge in [0.15, 0.2) is 0 Å². The standard InChI is InChI=1S/C20H17NO5S/c1-13-7-8-15(14-5-3-2-4-6-14)11-19(13)27(25,26)21-16-9-10-17(20(23)24)18(22)12-16/h2-12,21-22H,1H3,(H,23,24). The fourth-order valence-electron chi connectivity index (χ4n) is 2.69.